The second kappa shape index (κ2) is 10.1. The van der Waals surface area contributed by atoms with E-state index in [1.165, 1.54) is 24.3 Å². The van der Waals surface area contributed by atoms with Crippen molar-refractivity contribution < 1.29 is 18.7 Å². The molecule has 0 aliphatic carbocycles. The molecule has 2 heterocycles. The fourth-order valence-corrected chi connectivity index (χ4v) is 5.43. The van der Waals surface area contributed by atoms with E-state index >= 15 is 0 Å². The van der Waals surface area contributed by atoms with E-state index in [1.54, 1.807) is 18.2 Å². The Morgan fingerprint density at radius 3 is 2.37 bits per heavy atom. The molecule has 0 bridgehead atoms. The molecule has 0 radical (unpaired) electrons. The Morgan fingerprint density at radius 1 is 0.914 bits per heavy atom. The van der Waals surface area contributed by atoms with Gasteiger partial charge in [-0.2, -0.15) is 0 Å². The zero-order valence-electron chi connectivity index (χ0n) is 19.4. The molecule has 7 heteroatoms. The molecule has 2 aliphatic rings. The van der Waals surface area contributed by atoms with Crippen LogP contribution in [0.15, 0.2) is 72.8 Å². The first-order chi connectivity index (χ1) is 17.0. The van der Waals surface area contributed by atoms with Crippen LogP contribution in [0, 0.1) is 11.6 Å². The standard InChI is InChI=1S/C28H29F2N3O2/c29-22-10-12-24(13-11-22)31-28(35)32-14-1-2-15-33-25(17-32)27(26(33)18-34)20-8-6-19(7-9-20)21-4-3-5-23(30)16-21/h3-13,16,25-27,34H,1-2,14-15,17-18H2,(H,31,35)/t25-,26+,27+/m0/s1. The first-order valence-electron chi connectivity index (χ1n) is 12.1. The molecule has 5 nitrogen and oxygen atoms in total. The number of hydrogen-bond acceptors (Lipinski definition) is 3. The van der Waals surface area contributed by atoms with Crippen LogP contribution in [0.1, 0.15) is 24.3 Å². The highest BCUT2D eigenvalue weighted by molar-refractivity contribution is 5.89. The monoisotopic (exact) mass is 477 g/mol. The van der Waals surface area contributed by atoms with Gasteiger partial charge in [0.25, 0.3) is 0 Å². The molecule has 3 aromatic rings. The lowest BCUT2D eigenvalue weighted by Crippen LogP contribution is -2.68. The maximum atomic E-state index is 13.6. The van der Waals surface area contributed by atoms with Crippen molar-refractivity contribution in [3.05, 3.63) is 90.0 Å². The highest BCUT2D eigenvalue weighted by atomic mass is 19.1. The summed E-state index contributed by atoms with van der Waals surface area (Å²) in [6.45, 7) is 2.13. The molecule has 2 saturated heterocycles. The molecule has 2 fully saturated rings. The van der Waals surface area contributed by atoms with E-state index in [9.17, 15) is 18.7 Å². The third kappa shape index (κ3) is 4.92. The normalized spacial score (nSPS) is 22.5. The molecule has 2 N–H and O–H groups in total. The minimum atomic E-state index is -0.347. The quantitative estimate of drug-likeness (QED) is 0.551. The van der Waals surface area contributed by atoms with Crippen molar-refractivity contribution in [2.45, 2.75) is 30.8 Å². The van der Waals surface area contributed by atoms with Crippen LogP contribution in [-0.2, 0) is 0 Å². The summed E-state index contributed by atoms with van der Waals surface area (Å²) in [5.74, 6) is -0.531. The molecule has 5 rings (SSSR count). The third-order valence-corrected chi connectivity index (χ3v) is 7.21. The topological polar surface area (TPSA) is 55.8 Å². The van der Waals surface area contributed by atoms with Gasteiger partial charge in [-0.05, 0) is 72.5 Å². The molecule has 2 aliphatic heterocycles. The second-order valence-electron chi connectivity index (χ2n) is 9.30. The van der Waals surface area contributed by atoms with Gasteiger partial charge in [0.15, 0.2) is 0 Å². The van der Waals surface area contributed by atoms with Gasteiger partial charge < -0.3 is 15.3 Å². The molecular weight excluding hydrogens is 448 g/mol. The number of aliphatic hydroxyl groups excluding tert-OH is 1. The molecule has 35 heavy (non-hydrogen) atoms. The van der Waals surface area contributed by atoms with Gasteiger partial charge in [-0.25, -0.2) is 13.6 Å². The van der Waals surface area contributed by atoms with Crippen molar-refractivity contribution in [2.24, 2.45) is 0 Å². The van der Waals surface area contributed by atoms with Crippen molar-refractivity contribution in [1.82, 2.24) is 9.80 Å². The number of hydrogen-bond donors (Lipinski definition) is 2. The summed E-state index contributed by atoms with van der Waals surface area (Å²) >= 11 is 0. The summed E-state index contributed by atoms with van der Waals surface area (Å²) in [4.78, 5) is 17.2. The van der Waals surface area contributed by atoms with E-state index in [0.717, 1.165) is 36.1 Å². The number of nitrogens with one attached hydrogen (secondary N) is 1. The van der Waals surface area contributed by atoms with Gasteiger partial charge in [-0.3, -0.25) is 4.90 Å². The lowest BCUT2D eigenvalue weighted by atomic mass is 9.74. The van der Waals surface area contributed by atoms with Gasteiger partial charge in [0.1, 0.15) is 11.6 Å². The smallest absolute Gasteiger partial charge is 0.321 e. The molecule has 3 atom stereocenters. The van der Waals surface area contributed by atoms with Crippen LogP contribution in [0.3, 0.4) is 0 Å². The summed E-state index contributed by atoms with van der Waals surface area (Å²) in [6.07, 6.45) is 1.82. The Hall–Kier alpha value is -3.29. The van der Waals surface area contributed by atoms with Crippen molar-refractivity contribution in [3.8, 4) is 11.1 Å². The number of urea groups is 1. The van der Waals surface area contributed by atoms with Crippen molar-refractivity contribution in [1.29, 1.82) is 0 Å². The van der Waals surface area contributed by atoms with E-state index < -0.39 is 0 Å². The average Bonchev–Trinajstić information content (AvgIpc) is 2.85. The number of carbonyl (C=O) groups excluding carboxylic acids is 1. The first-order valence-corrected chi connectivity index (χ1v) is 12.1. The van der Waals surface area contributed by atoms with Gasteiger partial charge in [-0.15, -0.1) is 0 Å². The Labute approximate surface area is 204 Å². The van der Waals surface area contributed by atoms with Crippen molar-refractivity contribution in [3.63, 3.8) is 0 Å². The average molecular weight is 478 g/mol. The van der Waals surface area contributed by atoms with Crippen LogP contribution < -0.4 is 5.32 Å². The van der Waals surface area contributed by atoms with Gasteiger partial charge in [0, 0.05) is 36.8 Å². The highest BCUT2D eigenvalue weighted by Crippen LogP contribution is 2.42. The van der Waals surface area contributed by atoms with Crippen LogP contribution in [0.2, 0.25) is 0 Å². The van der Waals surface area contributed by atoms with Gasteiger partial charge in [0.2, 0.25) is 0 Å². The molecule has 3 aromatic carbocycles. The molecule has 182 valence electrons. The molecular formula is C28H29F2N3O2. The Bertz CT molecular complexity index is 1170. The van der Waals surface area contributed by atoms with Crippen LogP contribution in [0.4, 0.5) is 19.3 Å². The first kappa shape index (κ1) is 23.5. The summed E-state index contributed by atoms with van der Waals surface area (Å²) in [6, 6.07) is 20.2. The predicted molar refractivity (Wildman–Crippen MR) is 132 cm³/mol. The molecule has 0 saturated carbocycles. The van der Waals surface area contributed by atoms with Crippen LogP contribution in [0.25, 0.3) is 11.1 Å². The number of rotatable bonds is 4. The van der Waals surface area contributed by atoms with Gasteiger partial charge >= 0.3 is 6.03 Å². The summed E-state index contributed by atoms with van der Waals surface area (Å²) < 4.78 is 26.9. The number of amides is 2. The maximum absolute atomic E-state index is 13.6. The van der Waals surface area contributed by atoms with E-state index in [2.05, 4.69) is 10.2 Å². The Balaban J connectivity index is 1.34. The van der Waals surface area contributed by atoms with Crippen LogP contribution >= 0.6 is 0 Å². The zero-order valence-corrected chi connectivity index (χ0v) is 19.4. The summed E-state index contributed by atoms with van der Waals surface area (Å²) in [5, 5.41) is 13.0. The van der Waals surface area contributed by atoms with Gasteiger partial charge in [-0.1, -0.05) is 36.4 Å². The minimum Gasteiger partial charge on any atom is -0.395 e. The molecule has 2 amide bonds. The Morgan fingerprint density at radius 2 is 1.66 bits per heavy atom. The Kier molecular flexibility index (Phi) is 6.79. The number of halogens is 2. The summed E-state index contributed by atoms with van der Waals surface area (Å²) in [7, 11) is 0. The van der Waals surface area contributed by atoms with Crippen molar-refractivity contribution in [2.75, 3.05) is 31.6 Å². The van der Waals surface area contributed by atoms with E-state index in [4.69, 9.17) is 0 Å². The van der Waals surface area contributed by atoms with Gasteiger partial charge in [0.05, 0.1) is 6.61 Å². The largest absolute Gasteiger partial charge is 0.395 e. The minimum absolute atomic E-state index is 0.000120. The second-order valence-corrected chi connectivity index (χ2v) is 9.30. The van der Waals surface area contributed by atoms with Crippen LogP contribution in [0.5, 0.6) is 0 Å². The molecule has 0 unspecified atom stereocenters. The SMILES string of the molecule is O=C(Nc1ccc(F)cc1)N1CCCCN2[C@H](CO)[C@H](c3ccc(-c4cccc(F)c4)cc3)[C@@H]2C1. The summed E-state index contributed by atoms with van der Waals surface area (Å²) in [5.41, 5.74) is 3.41. The lowest BCUT2D eigenvalue weighted by Gasteiger charge is -2.57. The van der Waals surface area contributed by atoms with Crippen LogP contribution in [-0.4, -0.2) is 59.3 Å². The third-order valence-electron chi connectivity index (χ3n) is 7.21. The highest BCUT2D eigenvalue weighted by Gasteiger charge is 2.49. The number of benzene rings is 3. The molecule has 0 aromatic heterocycles. The number of aliphatic hydroxyl groups is 1. The number of anilines is 1. The number of carbonyl (C=O) groups is 1. The fraction of sp³-hybridized carbons (Fsp3) is 0.321. The lowest BCUT2D eigenvalue weighted by molar-refractivity contribution is -0.0585. The molecule has 0 spiro atoms. The van der Waals surface area contributed by atoms with E-state index in [-0.39, 0.29) is 42.3 Å². The maximum Gasteiger partial charge on any atom is 0.321 e. The number of fused-ring (bicyclic) bond motifs is 1. The fourth-order valence-electron chi connectivity index (χ4n) is 5.43. The number of nitrogens with zero attached hydrogens (tertiary/aromatic N) is 2. The zero-order chi connectivity index (χ0) is 24.4. The predicted octanol–water partition coefficient (Wildman–Crippen LogP) is 5.09. The van der Waals surface area contributed by atoms with E-state index in [1.807, 2.05) is 35.2 Å². The van der Waals surface area contributed by atoms with E-state index in [0.29, 0.717) is 18.8 Å². The van der Waals surface area contributed by atoms with Crippen molar-refractivity contribution >= 4 is 11.7 Å².